The molecule has 0 saturated heterocycles. The number of hydrogen-bond donors (Lipinski definition) is 1. The van der Waals surface area contributed by atoms with E-state index in [1.54, 1.807) is 6.20 Å². The summed E-state index contributed by atoms with van der Waals surface area (Å²) in [5.41, 5.74) is 0.492. The van der Waals surface area contributed by atoms with E-state index in [4.69, 9.17) is 5.41 Å². The quantitative estimate of drug-likeness (QED) is 0.329. The Labute approximate surface area is 190 Å². The molecule has 4 heteroatoms. The molecule has 0 spiro atoms. The van der Waals surface area contributed by atoms with E-state index < -0.39 is 7.26 Å². The van der Waals surface area contributed by atoms with Gasteiger partial charge in [-0.05, 0) is 0 Å². The topological polar surface area (TPSA) is 53.8 Å². The van der Waals surface area contributed by atoms with Gasteiger partial charge in [0.1, 0.15) is 0 Å². The van der Waals surface area contributed by atoms with Gasteiger partial charge in [-0.1, -0.05) is 0 Å². The monoisotopic (exact) mass is 438 g/mol. The SMILES string of the molecule is CC(C(=O)C(=N)Cc1ccccn1)[PH](c1ccccc1)(c1ccccc1)c1ccccc1. The number of pyridine rings is 1. The molecule has 0 radical (unpaired) electrons. The molecule has 4 rings (SSSR count). The van der Waals surface area contributed by atoms with E-state index in [1.807, 2.05) is 79.7 Å². The molecule has 0 aliphatic rings. The number of ketones is 1. The summed E-state index contributed by atoms with van der Waals surface area (Å²) < 4.78 is 0. The first-order chi connectivity index (χ1) is 15.6. The molecule has 160 valence electrons. The molecule has 0 fully saturated rings. The Morgan fingerprint density at radius 2 is 1.19 bits per heavy atom. The van der Waals surface area contributed by atoms with Gasteiger partial charge in [0.25, 0.3) is 0 Å². The predicted octanol–water partition coefficient (Wildman–Crippen LogP) is 4.33. The van der Waals surface area contributed by atoms with E-state index in [9.17, 15) is 4.79 Å². The number of nitrogens with zero attached hydrogens (tertiary/aromatic N) is 1. The predicted molar refractivity (Wildman–Crippen MR) is 137 cm³/mol. The van der Waals surface area contributed by atoms with Crippen LogP contribution >= 0.6 is 7.26 Å². The molecule has 1 heterocycles. The van der Waals surface area contributed by atoms with E-state index in [1.165, 1.54) is 15.9 Å². The summed E-state index contributed by atoms with van der Waals surface area (Å²) in [6.45, 7) is 2.01. The molecule has 4 aromatic rings. The average molecular weight is 439 g/mol. The van der Waals surface area contributed by atoms with Crippen molar-refractivity contribution in [1.82, 2.24) is 4.98 Å². The van der Waals surface area contributed by atoms with Crippen LogP contribution in [0.4, 0.5) is 0 Å². The fraction of sp³-hybridized carbons (Fsp3) is 0.107. The number of benzene rings is 3. The van der Waals surface area contributed by atoms with Gasteiger partial charge in [-0.25, -0.2) is 0 Å². The van der Waals surface area contributed by atoms with E-state index >= 15 is 0 Å². The molecule has 0 amide bonds. The molecule has 0 saturated carbocycles. The molecule has 1 unspecified atom stereocenters. The number of aromatic nitrogens is 1. The van der Waals surface area contributed by atoms with Crippen molar-refractivity contribution in [2.45, 2.75) is 19.0 Å². The maximum absolute atomic E-state index is 13.8. The van der Waals surface area contributed by atoms with Crippen LogP contribution in [-0.2, 0) is 11.2 Å². The van der Waals surface area contributed by atoms with Crippen molar-refractivity contribution in [2.24, 2.45) is 0 Å². The van der Waals surface area contributed by atoms with Crippen LogP contribution < -0.4 is 15.9 Å². The first-order valence-electron chi connectivity index (χ1n) is 10.8. The average Bonchev–Trinajstić information content (AvgIpc) is 2.86. The third-order valence-corrected chi connectivity index (χ3v) is 11.4. The summed E-state index contributed by atoms with van der Waals surface area (Å²) in [4.78, 5) is 18.1. The van der Waals surface area contributed by atoms with Crippen LogP contribution in [0.15, 0.2) is 115 Å². The summed E-state index contributed by atoms with van der Waals surface area (Å²) in [6.07, 6.45) is 1.94. The first kappa shape index (κ1) is 21.8. The summed E-state index contributed by atoms with van der Waals surface area (Å²) in [6, 6.07) is 36.7. The van der Waals surface area contributed by atoms with Crippen LogP contribution in [0.1, 0.15) is 12.6 Å². The zero-order chi connectivity index (χ0) is 22.4. The minimum absolute atomic E-state index is 0.107. The third-order valence-electron chi connectivity index (χ3n) is 6.11. The number of rotatable bonds is 8. The second-order valence-electron chi connectivity index (χ2n) is 7.97. The van der Waals surface area contributed by atoms with Gasteiger partial charge in [0.15, 0.2) is 0 Å². The Hall–Kier alpha value is -3.42. The van der Waals surface area contributed by atoms with E-state index in [0.29, 0.717) is 0 Å². The summed E-state index contributed by atoms with van der Waals surface area (Å²) in [7, 11) is -2.78. The summed E-state index contributed by atoms with van der Waals surface area (Å²) in [5, 5.41) is 12.2. The van der Waals surface area contributed by atoms with Crippen molar-refractivity contribution >= 4 is 34.7 Å². The summed E-state index contributed by atoms with van der Waals surface area (Å²) >= 11 is 0. The van der Waals surface area contributed by atoms with Gasteiger partial charge in [-0.3, -0.25) is 0 Å². The van der Waals surface area contributed by atoms with Crippen molar-refractivity contribution in [3.05, 3.63) is 121 Å². The molecular weight excluding hydrogens is 411 g/mol. The van der Waals surface area contributed by atoms with Gasteiger partial charge in [0.2, 0.25) is 0 Å². The molecule has 0 aliphatic heterocycles. The molecular formula is C28H27N2OP. The Morgan fingerprint density at radius 1 is 0.750 bits per heavy atom. The van der Waals surface area contributed by atoms with Crippen molar-refractivity contribution < 1.29 is 4.79 Å². The number of Topliss-reactive ketones (excluding diaryl/α,β-unsaturated/α-hetero) is 1. The third kappa shape index (κ3) is 4.17. The van der Waals surface area contributed by atoms with Gasteiger partial charge in [0, 0.05) is 0 Å². The second kappa shape index (κ2) is 9.80. The molecule has 1 aromatic heterocycles. The Kier molecular flexibility index (Phi) is 6.68. The molecule has 3 aromatic carbocycles. The fourth-order valence-corrected chi connectivity index (χ4v) is 9.80. The van der Waals surface area contributed by atoms with Gasteiger partial charge in [-0.15, -0.1) is 0 Å². The maximum atomic E-state index is 13.8. The molecule has 0 bridgehead atoms. The van der Waals surface area contributed by atoms with Gasteiger partial charge in [0.05, 0.1) is 0 Å². The molecule has 32 heavy (non-hydrogen) atoms. The van der Waals surface area contributed by atoms with Crippen molar-refractivity contribution in [1.29, 1.82) is 5.41 Å². The molecule has 1 atom stereocenters. The van der Waals surface area contributed by atoms with Crippen LogP contribution in [0.5, 0.6) is 0 Å². The summed E-state index contributed by atoms with van der Waals surface area (Å²) in [5.74, 6) is -0.112. The van der Waals surface area contributed by atoms with E-state index in [0.717, 1.165) is 5.69 Å². The van der Waals surface area contributed by atoms with Crippen LogP contribution in [0, 0.1) is 5.41 Å². The minimum atomic E-state index is -2.78. The van der Waals surface area contributed by atoms with Crippen LogP contribution in [0.3, 0.4) is 0 Å². The number of nitrogens with one attached hydrogen (secondary N) is 1. The zero-order valence-corrected chi connectivity index (χ0v) is 19.1. The Morgan fingerprint density at radius 3 is 1.59 bits per heavy atom. The standard InChI is InChI=1S/C28H27N2OP/c1-22(28(31)27(29)21-23-13-11-12-20-30-23)32(24-14-5-2-6-15-24,25-16-7-3-8-17-25)26-18-9-4-10-19-26/h2-20,22,29,32H,21H2,1H3. The molecule has 0 aliphatic carbocycles. The van der Waals surface area contributed by atoms with Crippen LogP contribution in [0.2, 0.25) is 0 Å². The van der Waals surface area contributed by atoms with E-state index in [2.05, 4.69) is 41.4 Å². The number of carbonyl (C=O) groups is 1. The molecule has 1 N–H and O–H groups in total. The number of carbonyl (C=O) groups excluding carboxylic acids is 1. The van der Waals surface area contributed by atoms with Gasteiger partial charge >= 0.3 is 190 Å². The fourth-order valence-electron chi connectivity index (χ4n) is 4.58. The van der Waals surface area contributed by atoms with Gasteiger partial charge < -0.3 is 0 Å². The normalized spacial score (nSPS) is 12.7. The first-order valence-corrected chi connectivity index (χ1v) is 12.9. The van der Waals surface area contributed by atoms with E-state index in [-0.39, 0.29) is 23.6 Å². The van der Waals surface area contributed by atoms with Crippen molar-refractivity contribution in [3.63, 3.8) is 0 Å². The van der Waals surface area contributed by atoms with Crippen molar-refractivity contribution in [3.8, 4) is 0 Å². The Bertz CT molecular complexity index is 1080. The number of hydrogen-bond acceptors (Lipinski definition) is 3. The Balaban J connectivity index is 1.87. The van der Waals surface area contributed by atoms with Crippen molar-refractivity contribution in [2.75, 3.05) is 0 Å². The van der Waals surface area contributed by atoms with Crippen LogP contribution in [0.25, 0.3) is 0 Å². The van der Waals surface area contributed by atoms with Gasteiger partial charge in [-0.2, -0.15) is 0 Å². The second-order valence-corrected chi connectivity index (χ2v) is 12.2. The van der Waals surface area contributed by atoms with Crippen LogP contribution in [-0.4, -0.2) is 22.1 Å². The zero-order valence-electron chi connectivity index (χ0n) is 18.1. The molecule has 3 nitrogen and oxygen atoms in total.